The average Bonchev–Trinajstić information content (AvgIpc) is 2.19. The predicted octanol–water partition coefficient (Wildman–Crippen LogP) is 1.12. The van der Waals surface area contributed by atoms with Crippen LogP contribution in [0.4, 0.5) is 0 Å². The van der Waals surface area contributed by atoms with E-state index in [4.69, 9.17) is 9.84 Å². The molecular weight excluding hydrogens is 242 g/mol. The molecule has 1 atom stereocenters. The van der Waals surface area contributed by atoms with Gasteiger partial charge in [0.15, 0.2) is 0 Å². The van der Waals surface area contributed by atoms with E-state index in [9.17, 15) is 9.59 Å². The summed E-state index contributed by atoms with van der Waals surface area (Å²) < 4.78 is 4.79. The Hall–Kier alpha value is -0.750. The van der Waals surface area contributed by atoms with Gasteiger partial charge in [0.25, 0.3) is 0 Å². The molecular formula is C11H21NO4S. The minimum atomic E-state index is -1.03. The topological polar surface area (TPSA) is 75.6 Å². The molecule has 0 aliphatic rings. The third-order valence-electron chi connectivity index (χ3n) is 1.88. The van der Waals surface area contributed by atoms with Gasteiger partial charge in [-0.05, 0) is 0 Å². The number of nitrogens with one attached hydrogen (secondary N) is 1. The summed E-state index contributed by atoms with van der Waals surface area (Å²) in [5, 5.41) is 11.4. The van der Waals surface area contributed by atoms with Crippen LogP contribution in [0.1, 0.15) is 27.2 Å². The maximum atomic E-state index is 11.5. The Balaban J connectivity index is 4.08. The highest BCUT2D eigenvalue weighted by Gasteiger charge is 2.20. The van der Waals surface area contributed by atoms with Crippen LogP contribution < -0.4 is 5.32 Å². The van der Waals surface area contributed by atoms with E-state index in [0.29, 0.717) is 6.61 Å². The van der Waals surface area contributed by atoms with Gasteiger partial charge in [-0.3, -0.25) is 4.79 Å². The second kappa shape index (κ2) is 7.55. The van der Waals surface area contributed by atoms with Crippen LogP contribution in [0, 0.1) is 0 Å². The summed E-state index contributed by atoms with van der Waals surface area (Å²) in [4.78, 5) is 22.4. The van der Waals surface area contributed by atoms with Crippen molar-refractivity contribution in [2.24, 2.45) is 0 Å². The molecule has 0 saturated heterocycles. The summed E-state index contributed by atoms with van der Waals surface area (Å²) in [7, 11) is 1.50. The van der Waals surface area contributed by atoms with Crippen LogP contribution in [0.3, 0.4) is 0 Å². The normalized spacial score (nSPS) is 13.2. The second-order valence-corrected chi connectivity index (χ2v) is 6.44. The lowest BCUT2D eigenvalue weighted by Gasteiger charge is -2.18. The fraction of sp³-hybridized carbons (Fsp3) is 0.818. The van der Waals surface area contributed by atoms with Crippen LogP contribution in [0.15, 0.2) is 0 Å². The number of thioether (sulfide) groups is 1. The summed E-state index contributed by atoms with van der Waals surface area (Å²) >= 11 is 1.48. The van der Waals surface area contributed by atoms with E-state index in [1.165, 1.54) is 18.9 Å². The highest BCUT2D eigenvalue weighted by Crippen LogP contribution is 2.22. The van der Waals surface area contributed by atoms with Crippen LogP contribution in [-0.4, -0.2) is 47.2 Å². The molecule has 1 unspecified atom stereocenters. The molecule has 0 aromatic carbocycles. The number of carbonyl (C=O) groups is 2. The van der Waals surface area contributed by atoms with Gasteiger partial charge in [-0.1, -0.05) is 20.8 Å². The zero-order valence-corrected chi connectivity index (χ0v) is 11.6. The molecule has 0 saturated carbocycles. The molecule has 17 heavy (non-hydrogen) atoms. The molecule has 0 radical (unpaired) electrons. The van der Waals surface area contributed by atoms with Crippen molar-refractivity contribution in [2.75, 3.05) is 19.5 Å². The first-order chi connectivity index (χ1) is 7.76. The van der Waals surface area contributed by atoms with Gasteiger partial charge < -0.3 is 15.2 Å². The Morgan fingerprint density at radius 3 is 2.41 bits per heavy atom. The zero-order chi connectivity index (χ0) is 13.5. The quantitative estimate of drug-likeness (QED) is 0.720. The molecule has 0 aliphatic carbocycles. The zero-order valence-electron chi connectivity index (χ0n) is 10.8. The Kier molecular flexibility index (Phi) is 7.22. The molecule has 100 valence electrons. The summed E-state index contributed by atoms with van der Waals surface area (Å²) in [6.07, 6.45) is 0.276. The van der Waals surface area contributed by atoms with E-state index in [0.717, 1.165) is 0 Å². The lowest BCUT2D eigenvalue weighted by molar-refractivity contribution is -0.142. The Labute approximate surface area is 106 Å². The van der Waals surface area contributed by atoms with Gasteiger partial charge in [-0.25, -0.2) is 4.79 Å². The van der Waals surface area contributed by atoms with Crippen LogP contribution in [0.2, 0.25) is 0 Å². The first kappa shape index (κ1) is 16.2. The van der Waals surface area contributed by atoms with Crippen LogP contribution >= 0.6 is 11.8 Å². The predicted molar refractivity (Wildman–Crippen MR) is 68.3 cm³/mol. The van der Waals surface area contributed by atoms with E-state index in [2.05, 4.69) is 5.32 Å². The minimum Gasteiger partial charge on any atom is -0.480 e. The maximum Gasteiger partial charge on any atom is 0.326 e. The monoisotopic (exact) mass is 263 g/mol. The lowest BCUT2D eigenvalue weighted by Crippen LogP contribution is -2.42. The van der Waals surface area contributed by atoms with Gasteiger partial charge in [0.2, 0.25) is 5.91 Å². The highest BCUT2D eigenvalue weighted by atomic mass is 32.2. The molecule has 0 aromatic heterocycles. The fourth-order valence-corrected chi connectivity index (χ4v) is 1.66. The fourth-order valence-electron chi connectivity index (χ4n) is 1.01. The number of carboxylic acid groups (broad SMARTS) is 1. The summed E-state index contributed by atoms with van der Waals surface area (Å²) in [5.41, 5.74) is 0. The number of carbonyl (C=O) groups excluding carboxylic acids is 1. The van der Waals surface area contributed by atoms with Crippen molar-refractivity contribution in [1.29, 1.82) is 0 Å². The van der Waals surface area contributed by atoms with Crippen molar-refractivity contribution in [3.63, 3.8) is 0 Å². The molecule has 0 spiro atoms. The third-order valence-corrected chi connectivity index (χ3v) is 3.15. The van der Waals surface area contributed by atoms with Crippen molar-refractivity contribution in [1.82, 2.24) is 5.32 Å². The molecule has 0 rings (SSSR count). The number of amides is 1. The number of methoxy groups -OCH3 is 1. The molecule has 0 aliphatic heterocycles. The van der Waals surface area contributed by atoms with E-state index < -0.39 is 12.0 Å². The Morgan fingerprint density at radius 1 is 1.41 bits per heavy atom. The third kappa shape index (κ3) is 9.00. The molecule has 1 amide bonds. The van der Waals surface area contributed by atoms with Gasteiger partial charge in [-0.2, -0.15) is 0 Å². The molecule has 0 heterocycles. The first-order valence-corrected chi connectivity index (χ1v) is 6.40. The van der Waals surface area contributed by atoms with E-state index in [1.54, 1.807) is 0 Å². The van der Waals surface area contributed by atoms with Crippen molar-refractivity contribution < 1.29 is 19.4 Å². The minimum absolute atomic E-state index is 0.0113. The van der Waals surface area contributed by atoms with Crippen LogP contribution in [-0.2, 0) is 14.3 Å². The van der Waals surface area contributed by atoms with E-state index >= 15 is 0 Å². The largest absolute Gasteiger partial charge is 0.480 e. The van der Waals surface area contributed by atoms with Crippen molar-refractivity contribution >= 4 is 23.6 Å². The average molecular weight is 263 g/mol. The first-order valence-electron chi connectivity index (χ1n) is 5.41. The van der Waals surface area contributed by atoms with Gasteiger partial charge >= 0.3 is 5.97 Å². The van der Waals surface area contributed by atoms with Crippen LogP contribution in [0.5, 0.6) is 0 Å². The van der Waals surface area contributed by atoms with Gasteiger partial charge in [0, 0.05) is 24.9 Å². The number of rotatable bonds is 7. The Bertz CT molecular complexity index is 263. The number of hydrogen-bond acceptors (Lipinski definition) is 4. The molecule has 5 nitrogen and oxygen atoms in total. The van der Waals surface area contributed by atoms with Gasteiger partial charge in [0.05, 0.1) is 5.75 Å². The number of ether oxygens (including phenoxy) is 1. The summed E-state index contributed by atoms with van der Waals surface area (Å²) in [5.74, 6) is -1.02. The van der Waals surface area contributed by atoms with Crippen molar-refractivity contribution in [2.45, 2.75) is 38.0 Å². The second-order valence-electron chi connectivity index (χ2n) is 4.64. The molecule has 6 heteroatoms. The van der Waals surface area contributed by atoms with Crippen molar-refractivity contribution in [3.8, 4) is 0 Å². The number of carboxylic acids is 1. The van der Waals surface area contributed by atoms with Crippen molar-refractivity contribution in [3.05, 3.63) is 0 Å². The van der Waals surface area contributed by atoms with Crippen LogP contribution in [0.25, 0.3) is 0 Å². The molecule has 0 bridgehead atoms. The smallest absolute Gasteiger partial charge is 0.326 e. The summed E-state index contributed by atoms with van der Waals surface area (Å²) in [6, 6.07) is -0.872. The standard InChI is InChI=1S/C11H21NO4S/c1-11(2,3)17-7-9(13)12-8(10(14)15)5-6-16-4/h8H,5-7H2,1-4H3,(H,12,13)(H,14,15). The maximum absolute atomic E-state index is 11.5. The number of aliphatic carboxylic acids is 1. The van der Waals surface area contributed by atoms with E-state index in [-0.39, 0.29) is 22.8 Å². The molecule has 0 aromatic rings. The summed E-state index contributed by atoms with van der Waals surface area (Å²) in [6.45, 7) is 6.32. The molecule has 0 fully saturated rings. The highest BCUT2D eigenvalue weighted by molar-refractivity contribution is 8.01. The molecule has 2 N–H and O–H groups in total. The lowest BCUT2D eigenvalue weighted by atomic mass is 10.2. The van der Waals surface area contributed by atoms with Gasteiger partial charge in [0.1, 0.15) is 6.04 Å². The van der Waals surface area contributed by atoms with Gasteiger partial charge in [-0.15, -0.1) is 11.8 Å². The number of hydrogen-bond donors (Lipinski definition) is 2. The SMILES string of the molecule is COCCC(NC(=O)CSC(C)(C)C)C(=O)O. The van der Waals surface area contributed by atoms with E-state index in [1.807, 2.05) is 20.8 Å². The Morgan fingerprint density at radius 2 is 2.00 bits per heavy atom.